The van der Waals surface area contributed by atoms with Crippen molar-refractivity contribution >= 4 is 17.5 Å². The van der Waals surface area contributed by atoms with E-state index in [1.165, 1.54) is 12.1 Å². The van der Waals surface area contributed by atoms with Gasteiger partial charge in [0.2, 0.25) is 0 Å². The van der Waals surface area contributed by atoms with Gasteiger partial charge in [-0.25, -0.2) is 13.2 Å². The van der Waals surface area contributed by atoms with Crippen LogP contribution in [0.15, 0.2) is 36.4 Å². The molecule has 0 aliphatic heterocycles. The minimum Gasteiger partial charge on any atom is -0.394 e. The largest absolute Gasteiger partial charge is 0.394 e. The first-order chi connectivity index (χ1) is 10.4. The standard InChI is InChI=1S/C15H11ClF3NO2/c16-10-3-1-8(5-12(10)18)14(7-21)20-15(22)9-2-4-11(17)13(19)6-9/h1-6,14,21H,7H2,(H,20,22). The summed E-state index contributed by atoms with van der Waals surface area (Å²) < 4.78 is 39.4. The summed E-state index contributed by atoms with van der Waals surface area (Å²) in [5, 5.41) is 11.6. The SMILES string of the molecule is O=C(NC(CO)c1ccc(Cl)c(F)c1)c1ccc(F)c(F)c1. The lowest BCUT2D eigenvalue weighted by molar-refractivity contribution is 0.0915. The normalized spacial score (nSPS) is 12.0. The summed E-state index contributed by atoms with van der Waals surface area (Å²) in [5.74, 6) is -3.66. The van der Waals surface area contributed by atoms with Crippen molar-refractivity contribution in [2.75, 3.05) is 6.61 Å². The molecule has 0 aliphatic rings. The van der Waals surface area contributed by atoms with E-state index >= 15 is 0 Å². The minimum atomic E-state index is -1.16. The van der Waals surface area contributed by atoms with Crippen molar-refractivity contribution in [1.82, 2.24) is 5.32 Å². The molecule has 0 heterocycles. The third kappa shape index (κ3) is 3.58. The lowest BCUT2D eigenvalue weighted by Gasteiger charge is -2.17. The number of halogens is 4. The zero-order chi connectivity index (χ0) is 16.3. The molecule has 1 atom stereocenters. The maximum absolute atomic E-state index is 13.4. The summed E-state index contributed by atoms with van der Waals surface area (Å²) in [6.45, 7) is -0.503. The van der Waals surface area contributed by atoms with Crippen LogP contribution in [-0.2, 0) is 0 Å². The Hall–Kier alpha value is -2.05. The highest BCUT2D eigenvalue weighted by Gasteiger charge is 2.17. The number of carbonyl (C=O) groups is 1. The molecule has 0 radical (unpaired) electrons. The van der Waals surface area contributed by atoms with Gasteiger partial charge in [0.25, 0.3) is 5.91 Å². The zero-order valence-electron chi connectivity index (χ0n) is 11.1. The summed E-state index contributed by atoms with van der Waals surface area (Å²) in [6, 6.07) is 5.56. The van der Waals surface area contributed by atoms with Crippen LogP contribution in [0.5, 0.6) is 0 Å². The molecule has 7 heteroatoms. The predicted octanol–water partition coefficient (Wildman–Crippen LogP) is 3.22. The van der Waals surface area contributed by atoms with Crippen LogP contribution >= 0.6 is 11.6 Å². The lowest BCUT2D eigenvalue weighted by Crippen LogP contribution is -2.31. The van der Waals surface area contributed by atoms with E-state index in [0.29, 0.717) is 5.56 Å². The lowest BCUT2D eigenvalue weighted by atomic mass is 10.1. The second-order valence-electron chi connectivity index (χ2n) is 4.51. The molecule has 0 fully saturated rings. The van der Waals surface area contributed by atoms with Gasteiger partial charge in [-0.3, -0.25) is 4.79 Å². The third-order valence-corrected chi connectivity index (χ3v) is 3.32. The van der Waals surface area contributed by atoms with Gasteiger partial charge in [0.05, 0.1) is 17.7 Å². The summed E-state index contributed by atoms with van der Waals surface area (Å²) in [4.78, 5) is 12.0. The van der Waals surface area contributed by atoms with Crippen molar-refractivity contribution in [2.24, 2.45) is 0 Å². The molecule has 3 nitrogen and oxygen atoms in total. The van der Waals surface area contributed by atoms with Crippen LogP contribution in [-0.4, -0.2) is 17.6 Å². The van der Waals surface area contributed by atoms with Gasteiger partial charge in [-0.15, -0.1) is 0 Å². The van der Waals surface area contributed by atoms with Gasteiger partial charge in [0.1, 0.15) is 5.82 Å². The highest BCUT2D eigenvalue weighted by molar-refractivity contribution is 6.30. The number of aliphatic hydroxyl groups excluding tert-OH is 1. The van der Waals surface area contributed by atoms with Crippen molar-refractivity contribution in [3.63, 3.8) is 0 Å². The molecule has 2 N–H and O–H groups in total. The Kier molecular flexibility index (Phi) is 5.05. The maximum atomic E-state index is 13.4. The summed E-state index contributed by atoms with van der Waals surface area (Å²) >= 11 is 5.56. The van der Waals surface area contributed by atoms with Crippen molar-refractivity contribution < 1.29 is 23.1 Å². The zero-order valence-corrected chi connectivity index (χ0v) is 11.9. The Balaban J connectivity index is 2.20. The molecule has 2 rings (SSSR count). The summed E-state index contributed by atoms with van der Waals surface area (Å²) in [7, 11) is 0. The van der Waals surface area contributed by atoms with Crippen LogP contribution in [0.25, 0.3) is 0 Å². The van der Waals surface area contributed by atoms with Crippen LogP contribution in [0, 0.1) is 17.5 Å². The van der Waals surface area contributed by atoms with Gasteiger partial charge in [-0.2, -0.15) is 0 Å². The molecule has 1 unspecified atom stereocenters. The van der Waals surface area contributed by atoms with E-state index in [9.17, 15) is 23.1 Å². The van der Waals surface area contributed by atoms with Crippen molar-refractivity contribution in [3.8, 4) is 0 Å². The van der Waals surface area contributed by atoms with Crippen LogP contribution in [0.1, 0.15) is 22.0 Å². The number of nitrogens with one attached hydrogen (secondary N) is 1. The van der Waals surface area contributed by atoms with E-state index < -0.39 is 36.0 Å². The third-order valence-electron chi connectivity index (χ3n) is 3.02. The maximum Gasteiger partial charge on any atom is 0.251 e. The highest BCUT2D eigenvalue weighted by atomic mass is 35.5. The molecule has 0 saturated heterocycles. The van der Waals surface area contributed by atoms with Crippen molar-refractivity contribution in [1.29, 1.82) is 0 Å². The van der Waals surface area contributed by atoms with E-state index in [4.69, 9.17) is 11.6 Å². The van der Waals surface area contributed by atoms with Gasteiger partial charge in [0.15, 0.2) is 11.6 Å². The summed E-state index contributed by atoms with van der Waals surface area (Å²) in [6.07, 6.45) is 0. The topological polar surface area (TPSA) is 49.3 Å². The number of hydrogen-bond acceptors (Lipinski definition) is 2. The Morgan fingerprint density at radius 2 is 1.82 bits per heavy atom. The van der Waals surface area contributed by atoms with E-state index in [0.717, 1.165) is 24.3 Å². The van der Waals surface area contributed by atoms with E-state index in [1.54, 1.807) is 0 Å². The molecule has 0 saturated carbocycles. The average Bonchev–Trinajstić information content (AvgIpc) is 2.50. The number of carbonyl (C=O) groups excluding carboxylic acids is 1. The van der Waals surface area contributed by atoms with Crippen LogP contribution in [0.4, 0.5) is 13.2 Å². The fourth-order valence-electron chi connectivity index (χ4n) is 1.84. The van der Waals surface area contributed by atoms with E-state index in [2.05, 4.69) is 5.32 Å². The highest BCUT2D eigenvalue weighted by Crippen LogP contribution is 2.20. The van der Waals surface area contributed by atoms with Crippen LogP contribution in [0.3, 0.4) is 0 Å². The predicted molar refractivity (Wildman–Crippen MR) is 75.1 cm³/mol. The smallest absolute Gasteiger partial charge is 0.251 e. The Labute approximate surface area is 129 Å². The van der Waals surface area contributed by atoms with Gasteiger partial charge in [0, 0.05) is 5.56 Å². The van der Waals surface area contributed by atoms with Gasteiger partial charge >= 0.3 is 0 Å². The Morgan fingerprint density at radius 3 is 2.41 bits per heavy atom. The fraction of sp³-hybridized carbons (Fsp3) is 0.133. The van der Waals surface area contributed by atoms with Crippen LogP contribution < -0.4 is 5.32 Å². The van der Waals surface area contributed by atoms with Gasteiger partial charge < -0.3 is 10.4 Å². The first-order valence-electron chi connectivity index (χ1n) is 6.24. The number of benzene rings is 2. The first kappa shape index (κ1) is 16.3. The van der Waals surface area contributed by atoms with Gasteiger partial charge in [-0.1, -0.05) is 17.7 Å². The monoisotopic (exact) mass is 329 g/mol. The second-order valence-corrected chi connectivity index (χ2v) is 4.92. The molecule has 0 bridgehead atoms. The molecular weight excluding hydrogens is 319 g/mol. The molecule has 0 aliphatic carbocycles. The van der Waals surface area contributed by atoms with Crippen molar-refractivity contribution in [2.45, 2.75) is 6.04 Å². The number of aliphatic hydroxyl groups is 1. The summed E-state index contributed by atoms with van der Waals surface area (Å²) in [5.41, 5.74) is 0.173. The molecule has 22 heavy (non-hydrogen) atoms. The van der Waals surface area contributed by atoms with E-state index in [1.807, 2.05) is 0 Å². The molecule has 116 valence electrons. The van der Waals surface area contributed by atoms with Crippen molar-refractivity contribution in [3.05, 3.63) is 70.0 Å². The number of amides is 1. The molecule has 0 spiro atoms. The molecule has 2 aromatic rings. The molecule has 2 aromatic carbocycles. The molecule has 0 aromatic heterocycles. The Morgan fingerprint density at radius 1 is 1.09 bits per heavy atom. The quantitative estimate of drug-likeness (QED) is 0.905. The first-order valence-corrected chi connectivity index (χ1v) is 6.62. The van der Waals surface area contributed by atoms with Gasteiger partial charge in [-0.05, 0) is 35.9 Å². The van der Waals surface area contributed by atoms with E-state index in [-0.39, 0.29) is 10.6 Å². The second kappa shape index (κ2) is 6.81. The number of rotatable bonds is 4. The fourth-order valence-corrected chi connectivity index (χ4v) is 1.96. The minimum absolute atomic E-state index is 0.0904. The Bertz CT molecular complexity index is 709. The van der Waals surface area contributed by atoms with Crippen LogP contribution in [0.2, 0.25) is 5.02 Å². The molecular formula is C15H11ClF3NO2. The number of hydrogen-bond donors (Lipinski definition) is 2. The average molecular weight is 330 g/mol. The molecule has 1 amide bonds.